The summed E-state index contributed by atoms with van der Waals surface area (Å²) >= 11 is 3.42. The molecule has 0 saturated carbocycles. The molecule has 0 bridgehead atoms. The summed E-state index contributed by atoms with van der Waals surface area (Å²) in [6, 6.07) is 19.0. The summed E-state index contributed by atoms with van der Waals surface area (Å²) in [5.74, 6) is 0.282. The summed E-state index contributed by atoms with van der Waals surface area (Å²) < 4.78 is 6.87. The molecule has 146 valence electrons. The molecule has 0 aliphatic rings. The zero-order valence-corrected chi connectivity index (χ0v) is 17.6. The van der Waals surface area contributed by atoms with Gasteiger partial charge in [-0.25, -0.2) is 9.78 Å². The van der Waals surface area contributed by atoms with Crippen LogP contribution in [-0.2, 0) is 6.42 Å². The smallest absolute Gasteiger partial charge is 0.336 e. The fraction of sp³-hybridized carbons (Fsp3) is 0.167. The monoisotopic (exact) mass is 449 g/mol. The summed E-state index contributed by atoms with van der Waals surface area (Å²) in [6.45, 7) is 2.19. The van der Waals surface area contributed by atoms with Gasteiger partial charge in [0.15, 0.2) is 5.76 Å². The fourth-order valence-electron chi connectivity index (χ4n) is 3.35. The Hall–Kier alpha value is -2.92. The summed E-state index contributed by atoms with van der Waals surface area (Å²) in [5, 5.41) is 10.2. The summed E-state index contributed by atoms with van der Waals surface area (Å²) in [4.78, 5) is 16.4. The van der Waals surface area contributed by atoms with Crippen LogP contribution in [0.15, 0.2) is 69.6 Å². The van der Waals surface area contributed by atoms with Crippen molar-refractivity contribution in [3.05, 3.63) is 76.3 Å². The number of nitrogens with zero attached hydrogens (tertiary/aromatic N) is 1. The number of aryl methyl sites for hydroxylation is 1. The van der Waals surface area contributed by atoms with Crippen LogP contribution in [0, 0.1) is 0 Å². The molecule has 0 amide bonds. The number of halogens is 1. The first-order chi connectivity index (χ1) is 14.0. The van der Waals surface area contributed by atoms with Crippen LogP contribution in [0.5, 0.6) is 0 Å². The normalized spacial score (nSPS) is 11.1. The highest BCUT2D eigenvalue weighted by Gasteiger charge is 2.15. The minimum absolute atomic E-state index is 0.204. The van der Waals surface area contributed by atoms with Gasteiger partial charge >= 0.3 is 5.97 Å². The third-order valence-corrected chi connectivity index (χ3v) is 5.41. The van der Waals surface area contributed by atoms with Gasteiger partial charge in [-0.3, -0.25) is 0 Å². The molecule has 0 aliphatic carbocycles. The first-order valence-corrected chi connectivity index (χ1v) is 10.4. The maximum atomic E-state index is 11.7. The van der Waals surface area contributed by atoms with Crippen molar-refractivity contribution in [2.24, 2.45) is 0 Å². The molecule has 29 heavy (non-hydrogen) atoms. The van der Waals surface area contributed by atoms with Crippen LogP contribution in [0.25, 0.3) is 33.7 Å². The van der Waals surface area contributed by atoms with Gasteiger partial charge < -0.3 is 9.52 Å². The van der Waals surface area contributed by atoms with Crippen LogP contribution >= 0.6 is 15.9 Å². The van der Waals surface area contributed by atoms with E-state index >= 15 is 0 Å². The van der Waals surface area contributed by atoms with E-state index in [0.717, 1.165) is 22.2 Å². The number of furan rings is 1. The molecule has 4 nitrogen and oxygen atoms in total. The molecule has 2 aromatic carbocycles. The van der Waals surface area contributed by atoms with Crippen molar-refractivity contribution in [3.8, 4) is 22.8 Å². The predicted octanol–water partition coefficient (Wildman–Crippen LogP) is 6.97. The SMILES string of the molecule is CCCCc1ccc(-c2ccc(-c3cc(C(=O)O)c4ccc(Br)cc4n3)o2)cc1. The second kappa shape index (κ2) is 8.21. The number of rotatable bonds is 6. The maximum absolute atomic E-state index is 11.7. The number of unbranched alkanes of at least 4 members (excludes halogenated alkanes) is 1. The van der Waals surface area contributed by atoms with Crippen LogP contribution in [0.4, 0.5) is 0 Å². The van der Waals surface area contributed by atoms with Gasteiger partial charge in [-0.15, -0.1) is 0 Å². The van der Waals surface area contributed by atoms with E-state index in [4.69, 9.17) is 4.42 Å². The van der Waals surface area contributed by atoms with Crippen LogP contribution in [-0.4, -0.2) is 16.1 Å². The van der Waals surface area contributed by atoms with Crippen LogP contribution < -0.4 is 0 Å². The van der Waals surface area contributed by atoms with Crippen molar-refractivity contribution in [2.75, 3.05) is 0 Å². The Morgan fingerprint density at radius 2 is 1.79 bits per heavy atom. The van der Waals surface area contributed by atoms with E-state index in [-0.39, 0.29) is 5.56 Å². The van der Waals surface area contributed by atoms with Crippen molar-refractivity contribution < 1.29 is 14.3 Å². The van der Waals surface area contributed by atoms with Gasteiger partial charge in [0, 0.05) is 15.4 Å². The molecule has 0 spiro atoms. The number of carboxylic acids is 1. The number of hydrogen-bond acceptors (Lipinski definition) is 3. The van der Waals surface area contributed by atoms with Gasteiger partial charge in [-0.1, -0.05) is 59.6 Å². The van der Waals surface area contributed by atoms with Crippen molar-refractivity contribution in [1.29, 1.82) is 0 Å². The highest BCUT2D eigenvalue weighted by Crippen LogP contribution is 2.31. The number of fused-ring (bicyclic) bond motifs is 1. The number of carbonyl (C=O) groups is 1. The van der Waals surface area contributed by atoms with Gasteiger partial charge in [0.05, 0.1) is 11.1 Å². The Labute approximate surface area is 177 Å². The fourth-order valence-corrected chi connectivity index (χ4v) is 3.70. The lowest BCUT2D eigenvalue weighted by atomic mass is 10.1. The second-order valence-corrected chi connectivity index (χ2v) is 7.90. The average molecular weight is 450 g/mol. The summed E-state index contributed by atoms with van der Waals surface area (Å²) in [5.41, 5.74) is 3.61. The molecule has 4 rings (SSSR count). The van der Waals surface area contributed by atoms with Crippen LogP contribution in [0.3, 0.4) is 0 Å². The Bertz CT molecular complexity index is 1180. The summed E-state index contributed by atoms with van der Waals surface area (Å²) in [7, 11) is 0. The number of aromatic carboxylic acids is 1. The zero-order valence-electron chi connectivity index (χ0n) is 16.0. The number of pyridine rings is 1. The van der Waals surface area contributed by atoms with Gasteiger partial charge in [-0.2, -0.15) is 0 Å². The minimum Gasteiger partial charge on any atom is -0.478 e. The second-order valence-electron chi connectivity index (χ2n) is 6.99. The minimum atomic E-state index is -0.990. The third-order valence-electron chi connectivity index (χ3n) is 4.92. The van der Waals surface area contributed by atoms with E-state index in [9.17, 15) is 9.90 Å². The Morgan fingerprint density at radius 1 is 1.03 bits per heavy atom. The largest absolute Gasteiger partial charge is 0.478 e. The Balaban J connectivity index is 1.70. The quantitative estimate of drug-likeness (QED) is 0.345. The van der Waals surface area contributed by atoms with Crippen molar-refractivity contribution in [3.63, 3.8) is 0 Å². The lowest BCUT2D eigenvalue weighted by molar-refractivity contribution is 0.0699. The van der Waals surface area contributed by atoms with E-state index in [0.29, 0.717) is 22.4 Å². The highest BCUT2D eigenvalue weighted by atomic mass is 79.9. The lowest BCUT2D eigenvalue weighted by Crippen LogP contribution is -2.00. The molecule has 0 unspecified atom stereocenters. The highest BCUT2D eigenvalue weighted by molar-refractivity contribution is 9.10. The molecular weight excluding hydrogens is 430 g/mol. The summed E-state index contributed by atoms with van der Waals surface area (Å²) in [6.07, 6.45) is 3.44. The predicted molar refractivity (Wildman–Crippen MR) is 118 cm³/mol. The number of hydrogen-bond donors (Lipinski definition) is 1. The molecule has 4 aromatic rings. The van der Waals surface area contributed by atoms with E-state index in [2.05, 4.69) is 52.1 Å². The molecule has 5 heteroatoms. The van der Waals surface area contributed by atoms with Crippen LogP contribution in [0.2, 0.25) is 0 Å². The first-order valence-electron chi connectivity index (χ1n) is 9.58. The van der Waals surface area contributed by atoms with Gasteiger partial charge in [0.1, 0.15) is 11.5 Å². The van der Waals surface area contributed by atoms with Crippen molar-refractivity contribution >= 4 is 32.8 Å². The van der Waals surface area contributed by atoms with E-state index in [1.54, 1.807) is 12.1 Å². The van der Waals surface area contributed by atoms with Gasteiger partial charge in [-0.05, 0) is 48.7 Å². The lowest BCUT2D eigenvalue weighted by Gasteiger charge is -2.06. The Kier molecular flexibility index (Phi) is 5.49. The topological polar surface area (TPSA) is 63.3 Å². The zero-order chi connectivity index (χ0) is 20.4. The molecule has 2 heterocycles. The van der Waals surface area contributed by atoms with E-state index < -0.39 is 5.97 Å². The molecule has 0 radical (unpaired) electrons. The molecule has 2 aromatic heterocycles. The number of benzene rings is 2. The van der Waals surface area contributed by atoms with E-state index in [1.165, 1.54) is 18.4 Å². The Morgan fingerprint density at radius 3 is 2.52 bits per heavy atom. The molecule has 0 saturated heterocycles. The average Bonchev–Trinajstić information content (AvgIpc) is 3.21. The molecule has 0 fully saturated rings. The van der Waals surface area contributed by atoms with Gasteiger partial charge in [0.2, 0.25) is 0 Å². The standard InChI is InChI=1S/C24H20BrNO3/c1-2-3-4-15-5-7-16(8-6-15)22-11-12-23(29-22)21-14-19(24(27)28)18-10-9-17(25)13-20(18)26-21/h5-14H,2-4H2,1H3,(H,27,28). The molecular formula is C24H20BrNO3. The first kappa shape index (κ1) is 19.4. The molecule has 1 N–H and O–H groups in total. The maximum Gasteiger partial charge on any atom is 0.336 e. The molecule has 0 atom stereocenters. The van der Waals surface area contributed by atoms with Crippen molar-refractivity contribution in [1.82, 2.24) is 4.98 Å². The number of carboxylic acid groups (broad SMARTS) is 1. The van der Waals surface area contributed by atoms with E-state index in [1.807, 2.05) is 24.3 Å². The van der Waals surface area contributed by atoms with Gasteiger partial charge in [0.25, 0.3) is 0 Å². The number of aromatic nitrogens is 1. The van der Waals surface area contributed by atoms with Crippen molar-refractivity contribution in [2.45, 2.75) is 26.2 Å². The van der Waals surface area contributed by atoms with Crippen LogP contribution in [0.1, 0.15) is 35.7 Å². The molecule has 0 aliphatic heterocycles. The third kappa shape index (κ3) is 4.10.